The Bertz CT molecular complexity index is 1050. The van der Waals surface area contributed by atoms with E-state index in [1.54, 1.807) is 24.3 Å². The first-order valence-electron chi connectivity index (χ1n) is 11.8. The molecule has 0 aliphatic rings. The van der Waals surface area contributed by atoms with Gasteiger partial charge in [0.1, 0.15) is 11.5 Å². The van der Waals surface area contributed by atoms with E-state index in [1.165, 1.54) is 38.5 Å². The van der Waals surface area contributed by atoms with Gasteiger partial charge in [0.15, 0.2) is 5.05 Å². The summed E-state index contributed by atoms with van der Waals surface area (Å²) in [5.41, 5.74) is 3.51. The number of unbranched alkanes of at least 4 members (excludes halogenated alkanes) is 6. The molecule has 0 aliphatic carbocycles. The first-order valence-corrected chi connectivity index (χ1v) is 12.2. The van der Waals surface area contributed by atoms with E-state index in [-0.39, 0.29) is 0 Å². The van der Waals surface area contributed by atoms with Gasteiger partial charge in [-0.05, 0) is 72.2 Å². The number of hydrogen-bond acceptors (Lipinski definition) is 4. The summed E-state index contributed by atoms with van der Waals surface area (Å²) in [5, 5.41) is 9.35. The summed E-state index contributed by atoms with van der Waals surface area (Å²) in [6.07, 6.45) is 8.94. The number of benzene rings is 3. The number of nitrogens with zero attached hydrogens (tertiary/aromatic N) is 1. The van der Waals surface area contributed by atoms with E-state index in [0.29, 0.717) is 16.4 Å². The lowest BCUT2D eigenvalue weighted by molar-refractivity contribution is 0.304. The van der Waals surface area contributed by atoms with E-state index in [9.17, 15) is 0 Å². The van der Waals surface area contributed by atoms with Gasteiger partial charge in [0.25, 0.3) is 0 Å². The van der Waals surface area contributed by atoms with Crippen LogP contribution in [0.1, 0.15) is 63.0 Å². The van der Waals surface area contributed by atoms with Gasteiger partial charge in [-0.25, -0.2) is 0 Å². The molecule has 0 saturated heterocycles. The van der Waals surface area contributed by atoms with Gasteiger partial charge in [-0.3, -0.25) is 0 Å². The van der Waals surface area contributed by atoms with Crippen molar-refractivity contribution in [1.82, 2.24) is 0 Å². The summed E-state index contributed by atoms with van der Waals surface area (Å²) >= 11 is 5.58. The topological polar surface area (TPSA) is 42.2 Å². The minimum Gasteiger partial charge on any atom is -0.494 e. The number of hydrogen-bond donors (Lipinski definition) is 0. The number of thiocarbonyl (C=S) groups is 1. The predicted molar refractivity (Wildman–Crippen MR) is 139 cm³/mol. The Hall–Kier alpha value is -3.16. The lowest BCUT2D eigenvalue weighted by Crippen LogP contribution is -2.08. The zero-order valence-electron chi connectivity index (χ0n) is 19.3. The molecule has 33 heavy (non-hydrogen) atoms. The van der Waals surface area contributed by atoms with E-state index in [4.69, 9.17) is 27.0 Å². The van der Waals surface area contributed by atoms with Gasteiger partial charge < -0.3 is 9.47 Å². The van der Waals surface area contributed by atoms with Crippen molar-refractivity contribution in [2.75, 3.05) is 6.61 Å². The largest absolute Gasteiger partial charge is 0.494 e. The van der Waals surface area contributed by atoms with Gasteiger partial charge in [0.2, 0.25) is 0 Å². The SMILES string of the molecule is CCCCCCCCCOc1ccc(-c2ccccc2C(=S)Oc2ccc(C#N)cc2)cc1. The smallest absolute Gasteiger partial charge is 0.198 e. The molecule has 0 radical (unpaired) electrons. The van der Waals surface area contributed by atoms with Crippen LogP contribution in [0.2, 0.25) is 0 Å². The van der Waals surface area contributed by atoms with Crippen LogP contribution in [0.3, 0.4) is 0 Å². The zero-order chi connectivity index (χ0) is 23.3. The molecular weight excluding hydrogens is 426 g/mol. The molecule has 0 atom stereocenters. The van der Waals surface area contributed by atoms with E-state index in [1.807, 2.05) is 36.4 Å². The third-order valence-corrected chi connectivity index (χ3v) is 5.83. The quantitative estimate of drug-likeness (QED) is 0.203. The van der Waals surface area contributed by atoms with Crippen LogP contribution in [0.25, 0.3) is 11.1 Å². The van der Waals surface area contributed by atoms with Crippen molar-refractivity contribution in [3.05, 3.63) is 83.9 Å². The highest BCUT2D eigenvalue weighted by atomic mass is 32.1. The van der Waals surface area contributed by atoms with Gasteiger partial charge in [-0.1, -0.05) is 75.8 Å². The Morgan fingerprint density at radius 3 is 2.12 bits per heavy atom. The molecule has 0 heterocycles. The van der Waals surface area contributed by atoms with Gasteiger partial charge in [-0.2, -0.15) is 5.26 Å². The van der Waals surface area contributed by atoms with E-state index >= 15 is 0 Å². The molecule has 0 unspecified atom stereocenters. The van der Waals surface area contributed by atoms with Crippen molar-refractivity contribution in [1.29, 1.82) is 5.26 Å². The van der Waals surface area contributed by atoms with Crippen LogP contribution >= 0.6 is 12.2 Å². The molecule has 3 aromatic carbocycles. The second-order valence-electron chi connectivity index (χ2n) is 8.07. The predicted octanol–water partition coefficient (Wildman–Crippen LogP) is 8.11. The molecule has 0 spiro atoms. The Labute approximate surface area is 203 Å². The van der Waals surface area contributed by atoms with Crippen LogP contribution in [-0.4, -0.2) is 11.7 Å². The molecule has 170 valence electrons. The molecule has 0 N–H and O–H groups in total. The maximum absolute atomic E-state index is 8.95. The molecule has 0 aliphatic heterocycles. The van der Waals surface area contributed by atoms with Crippen LogP contribution in [0, 0.1) is 11.3 Å². The molecule has 3 aromatic rings. The minimum absolute atomic E-state index is 0.398. The van der Waals surface area contributed by atoms with Crippen molar-refractivity contribution < 1.29 is 9.47 Å². The fourth-order valence-electron chi connectivity index (χ4n) is 3.65. The van der Waals surface area contributed by atoms with Gasteiger partial charge in [-0.15, -0.1) is 0 Å². The monoisotopic (exact) mass is 457 g/mol. The van der Waals surface area contributed by atoms with Crippen LogP contribution in [0.5, 0.6) is 11.5 Å². The fraction of sp³-hybridized carbons (Fsp3) is 0.310. The van der Waals surface area contributed by atoms with E-state index in [2.05, 4.69) is 25.1 Å². The van der Waals surface area contributed by atoms with E-state index < -0.39 is 0 Å². The average molecular weight is 458 g/mol. The maximum Gasteiger partial charge on any atom is 0.198 e. The highest BCUT2D eigenvalue weighted by Crippen LogP contribution is 2.27. The highest BCUT2D eigenvalue weighted by Gasteiger charge is 2.12. The third-order valence-electron chi connectivity index (χ3n) is 5.52. The summed E-state index contributed by atoms with van der Waals surface area (Å²) < 4.78 is 11.8. The molecule has 0 bridgehead atoms. The zero-order valence-corrected chi connectivity index (χ0v) is 20.1. The molecule has 4 heteroatoms. The Morgan fingerprint density at radius 1 is 0.788 bits per heavy atom. The van der Waals surface area contributed by atoms with Crippen molar-refractivity contribution in [3.63, 3.8) is 0 Å². The number of rotatable bonds is 12. The van der Waals surface area contributed by atoms with Crippen molar-refractivity contribution in [2.24, 2.45) is 0 Å². The average Bonchev–Trinajstić information content (AvgIpc) is 2.86. The van der Waals surface area contributed by atoms with Crippen LogP contribution in [0.4, 0.5) is 0 Å². The van der Waals surface area contributed by atoms with Crippen molar-refractivity contribution in [2.45, 2.75) is 51.9 Å². The summed E-state index contributed by atoms with van der Waals surface area (Å²) in [6.45, 7) is 3.00. The summed E-state index contributed by atoms with van der Waals surface area (Å²) in [5.74, 6) is 1.50. The minimum atomic E-state index is 0.398. The lowest BCUT2D eigenvalue weighted by atomic mass is 10.00. The molecular formula is C29H31NO2S. The Balaban J connectivity index is 1.56. The second kappa shape index (κ2) is 13.4. The summed E-state index contributed by atoms with van der Waals surface area (Å²) in [7, 11) is 0. The summed E-state index contributed by atoms with van der Waals surface area (Å²) in [6, 6.07) is 25.1. The second-order valence-corrected chi connectivity index (χ2v) is 8.44. The third kappa shape index (κ3) is 7.73. The number of nitriles is 1. The Kier molecular flexibility index (Phi) is 9.94. The van der Waals surface area contributed by atoms with Gasteiger partial charge in [0.05, 0.1) is 18.2 Å². The molecule has 3 nitrogen and oxygen atoms in total. The lowest BCUT2D eigenvalue weighted by Gasteiger charge is -2.13. The summed E-state index contributed by atoms with van der Waals surface area (Å²) in [4.78, 5) is 0. The Morgan fingerprint density at radius 2 is 1.42 bits per heavy atom. The first kappa shape index (κ1) is 24.5. The number of ether oxygens (including phenoxy) is 2. The standard InChI is InChI=1S/C29H31NO2S/c1-2-3-4-5-6-7-10-21-31-25-19-15-24(16-20-25)27-11-8-9-12-28(27)29(33)32-26-17-13-23(22-30)14-18-26/h8-9,11-20H,2-7,10,21H2,1H3. The highest BCUT2D eigenvalue weighted by molar-refractivity contribution is 7.80. The fourth-order valence-corrected chi connectivity index (χ4v) is 3.93. The van der Waals surface area contributed by atoms with Crippen molar-refractivity contribution in [3.8, 4) is 28.7 Å². The van der Waals surface area contributed by atoms with Crippen LogP contribution in [-0.2, 0) is 0 Å². The van der Waals surface area contributed by atoms with Crippen molar-refractivity contribution >= 4 is 17.3 Å². The first-order chi connectivity index (χ1) is 16.2. The molecule has 0 aromatic heterocycles. The van der Waals surface area contributed by atoms with Crippen LogP contribution < -0.4 is 9.47 Å². The maximum atomic E-state index is 8.95. The normalized spacial score (nSPS) is 10.4. The molecule has 0 amide bonds. The molecule has 0 fully saturated rings. The van der Waals surface area contributed by atoms with Crippen LogP contribution in [0.15, 0.2) is 72.8 Å². The van der Waals surface area contributed by atoms with Gasteiger partial charge >= 0.3 is 0 Å². The molecule has 0 saturated carbocycles. The molecule has 3 rings (SSSR count). The van der Waals surface area contributed by atoms with Gasteiger partial charge in [0, 0.05) is 5.56 Å². The van der Waals surface area contributed by atoms with E-state index in [0.717, 1.165) is 35.5 Å².